The lowest BCUT2D eigenvalue weighted by Gasteiger charge is -2.39. The fourth-order valence-corrected chi connectivity index (χ4v) is 6.12. The van der Waals surface area contributed by atoms with Crippen molar-refractivity contribution in [2.45, 2.75) is 30.4 Å². The van der Waals surface area contributed by atoms with Crippen LogP contribution < -0.4 is 4.90 Å². The van der Waals surface area contributed by atoms with Crippen molar-refractivity contribution in [3.63, 3.8) is 0 Å². The highest BCUT2D eigenvalue weighted by Gasteiger charge is 2.37. The van der Waals surface area contributed by atoms with Crippen LogP contribution in [0.3, 0.4) is 0 Å². The second-order valence-corrected chi connectivity index (χ2v) is 10.0. The summed E-state index contributed by atoms with van der Waals surface area (Å²) in [4.78, 5) is 14.0. The molecule has 0 N–H and O–H groups in total. The molecule has 0 unspecified atom stereocenters. The zero-order chi connectivity index (χ0) is 20.8. The number of nitrogens with zero attached hydrogens (tertiary/aromatic N) is 2. The van der Waals surface area contributed by atoms with Gasteiger partial charge in [0.05, 0.1) is 15.7 Å². The van der Waals surface area contributed by atoms with Gasteiger partial charge in [-0.3, -0.25) is 4.90 Å². The van der Waals surface area contributed by atoms with Crippen molar-refractivity contribution in [3.8, 4) is 0 Å². The van der Waals surface area contributed by atoms with Gasteiger partial charge in [-0.1, -0.05) is 40.9 Å². The van der Waals surface area contributed by atoms with Crippen LogP contribution in [0.4, 0.5) is 10.5 Å². The van der Waals surface area contributed by atoms with Crippen LogP contribution in [0.15, 0.2) is 41.3 Å². The summed E-state index contributed by atoms with van der Waals surface area (Å²) in [5.74, 6) is 0. The van der Waals surface area contributed by atoms with E-state index in [1.807, 2.05) is 0 Å². The molecule has 0 radical (unpaired) electrons. The van der Waals surface area contributed by atoms with Crippen molar-refractivity contribution in [1.29, 1.82) is 0 Å². The van der Waals surface area contributed by atoms with Crippen LogP contribution in [0.25, 0.3) is 0 Å². The molecule has 2 aromatic carbocycles. The van der Waals surface area contributed by atoms with E-state index in [2.05, 4.69) is 0 Å². The van der Waals surface area contributed by atoms with Gasteiger partial charge in [-0.2, -0.15) is 4.31 Å². The molecule has 0 saturated carbocycles. The highest BCUT2D eigenvalue weighted by Crippen LogP contribution is 2.36. The first-order valence-electron chi connectivity index (χ1n) is 8.97. The Morgan fingerprint density at radius 3 is 2.48 bits per heavy atom. The Bertz CT molecular complexity index is 1070. The number of fused-ring (bicyclic) bond motifs is 1. The van der Waals surface area contributed by atoms with Gasteiger partial charge < -0.3 is 4.74 Å². The summed E-state index contributed by atoms with van der Waals surface area (Å²) >= 11 is 18.1. The molecular formula is C19H17Cl3N2O4S. The van der Waals surface area contributed by atoms with E-state index in [1.54, 1.807) is 35.2 Å². The van der Waals surface area contributed by atoms with Gasteiger partial charge in [0, 0.05) is 29.7 Å². The predicted octanol–water partition coefficient (Wildman–Crippen LogP) is 4.96. The number of rotatable bonds is 3. The first-order chi connectivity index (χ1) is 13.8. The molecule has 6 nitrogen and oxygen atoms in total. The van der Waals surface area contributed by atoms with Crippen LogP contribution in [0.1, 0.15) is 18.4 Å². The number of hydrogen-bond donors (Lipinski definition) is 0. The molecule has 1 fully saturated rings. The van der Waals surface area contributed by atoms with E-state index < -0.39 is 16.1 Å². The summed E-state index contributed by atoms with van der Waals surface area (Å²) < 4.78 is 32.7. The molecule has 0 spiro atoms. The van der Waals surface area contributed by atoms with Crippen LogP contribution in [0.2, 0.25) is 15.1 Å². The average molecular weight is 476 g/mol. The fourth-order valence-electron chi connectivity index (χ4n) is 3.72. The number of hydrogen-bond acceptors (Lipinski definition) is 4. The lowest BCUT2D eigenvalue weighted by molar-refractivity contribution is 0.136. The Labute approximate surface area is 183 Å². The minimum absolute atomic E-state index is 0.0116. The zero-order valence-electron chi connectivity index (χ0n) is 15.1. The fraction of sp³-hybridized carbons (Fsp3) is 0.316. The third-order valence-corrected chi connectivity index (χ3v) is 8.28. The van der Waals surface area contributed by atoms with Gasteiger partial charge in [0.2, 0.25) is 10.0 Å². The maximum absolute atomic E-state index is 13.0. The van der Waals surface area contributed by atoms with E-state index in [4.69, 9.17) is 39.5 Å². The molecule has 154 valence electrons. The maximum Gasteiger partial charge on any atom is 0.414 e. The molecule has 1 amide bonds. The van der Waals surface area contributed by atoms with Crippen molar-refractivity contribution in [2.75, 3.05) is 18.0 Å². The SMILES string of the molecule is O=C1OCc2cc(Cl)ccc2N1C1CCN(S(=O)(=O)c2cccc(Cl)c2Cl)CC1. The summed E-state index contributed by atoms with van der Waals surface area (Å²) in [6.45, 7) is 0.677. The molecule has 0 atom stereocenters. The standard InChI is InChI=1S/C19H17Cl3N2O4S/c20-13-4-5-16-12(10-13)11-28-19(25)24(16)14-6-8-23(9-7-14)29(26,27)17-3-1-2-15(21)18(17)22/h1-5,10,14H,6-9,11H2. The van der Waals surface area contributed by atoms with E-state index in [9.17, 15) is 13.2 Å². The maximum atomic E-state index is 13.0. The van der Waals surface area contributed by atoms with E-state index in [1.165, 1.54) is 10.4 Å². The molecule has 10 heteroatoms. The van der Waals surface area contributed by atoms with E-state index in [0.29, 0.717) is 17.9 Å². The van der Waals surface area contributed by atoms with E-state index >= 15 is 0 Å². The third kappa shape index (κ3) is 3.82. The van der Waals surface area contributed by atoms with Crippen molar-refractivity contribution in [1.82, 2.24) is 4.31 Å². The van der Waals surface area contributed by atoms with Crippen LogP contribution in [0, 0.1) is 0 Å². The molecular weight excluding hydrogens is 459 g/mol. The molecule has 0 aliphatic carbocycles. The number of ether oxygens (including phenoxy) is 1. The summed E-state index contributed by atoms with van der Waals surface area (Å²) in [6, 6.07) is 9.67. The monoisotopic (exact) mass is 474 g/mol. The van der Waals surface area contributed by atoms with Gasteiger partial charge in [0.25, 0.3) is 0 Å². The van der Waals surface area contributed by atoms with Crippen molar-refractivity contribution in [2.24, 2.45) is 0 Å². The molecule has 1 saturated heterocycles. The molecule has 0 bridgehead atoms. The number of anilines is 1. The molecule has 2 heterocycles. The van der Waals surface area contributed by atoms with Gasteiger partial charge in [0.1, 0.15) is 11.5 Å². The summed E-state index contributed by atoms with van der Waals surface area (Å²) in [5.41, 5.74) is 1.59. The first kappa shape index (κ1) is 20.8. The van der Waals surface area contributed by atoms with E-state index in [-0.39, 0.29) is 40.7 Å². The van der Waals surface area contributed by atoms with Gasteiger partial charge in [0.15, 0.2) is 0 Å². The lowest BCUT2D eigenvalue weighted by Crippen LogP contribution is -2.50. The molecule has 2 aromatic rings. The van der Waals surface area contributed by atoms with E-state index in [0.717, 1.165) is 11.3 Å². The molecule has 2 aliphatic heterocycles. The summed E-state index contributed by atoms with van der Waals surface area (Å²) in [6.07, 6.45) is 0.502. The van der Waals surface area contributed by atoms with Gasteiger partial charge in [-0.25, -0.2) is 13.2 Å². The second-order valence-electron chi connectivity index (χ2n) is 6.88. The number of carbonyl (C=O) groups is 1. The second kappa shape index (κ2) is 7.96. The molecule has 0 aromatic heterocycles. The number of cyclic esters (lactones) is 1. The minimum atomic E-state index is -3.78. The average Bonchev–Trinajstić information content (AvgIpc) is 2.70. The number of carbonyl (C=O) groups excluding carboxylic acids is 1. The first-order valence-corrected chi connectivity index (χ1v) is 11.5. The topological polar surface area (TPSA) is 66.9 Å². The van der Waals surface area contributed by atoms with Crippen molar-refractivity contribution >= 4 is 56.6 Å². The molecule has 29 heavy (non-hydrogen) atoms. The van der Waals surface area contributed by atoms with Crippen molar-refractivity contribution in [3.05, 3.63) is 57.0 Å². The Morgan fingerprint density at radius 1 is 1.03 bits per heavy atom. The largest absolute Gasteiger partial charge is 0.444 e. The van der Waals surface area contributed by atoms with Crippen molar-refractivity contribution < 1.29 is 17.9 Å². The summed E-state index contributed by atoms with van der Waals surface area (Å²) in [7, 11) is -3.78. The molecule has 2 aliphatic rings. The Balaban J connectivity index is 1.54. The number of amides is 1. The Morgan fingerprint density at radius 2 is 1.76 bits per heavy atom. The smallest absolute Gasteiger partial charge is 0.414 e. The van der Waals surface area contributed by atoms with Gasteiger partial charge in [-0.15, -0.1) is 0 Å². The van der Waals surface area contributed by atoms with Crippen LogP contribution in [-0.2, 0) is 21.4 Å². The highest BCUT2D eigenvalue weighted by atomic mass is 35.5. The minimum Gasteiger partial charge on any atom is -0.444 e. The summed E-state index contributed by atoms with van der Waals surface area (Å²) in [5, 5.41) is 0.775. The van der Waals surface area contributed by atoms with Crippen LogP contribution in [0.5, 0.6) is 0 Å². The zero-order valence-corrected chi connectivity index (χ0v) is 18.2. The quantitative estimate of drug-likeness (QED) is 0.629. The normalized spacial score (nSPS) is 18.4. The lowest BCUT2D eigenvalue weighted by atomic mass is 10.0. The van der Waals surface area contributed by atoms with Crippen LogP contribution >= 0.6 is 34.8 Å². The predicted molar refractivity (Wildman–Crippen MR) is 112 cm³/mol. The number of piperidine rings is 1. The molecule has 4 rings (SSSR count). The Kier molecular flexibility index (Phi) is 5.70. The third-order valence-electron chi connectivity index (χ3n) is 5.17. The number of halogens is 3. The van der Waals surface area contributed by atoms with Gasteiger partial charge in [-0.05, 0) is 43.2 Å². The van der Waals surface area contributed by atoms with Gasteiger partial charge >= 0.3 is 6.09 Å². The number of sulfonamides is 1. The number of benzene rings is 2. The Hall–Kier alpha value is -1.51. The van der Waals surface area contributed by atoms with Crippen LogP contribution in [-0.4, -0.2) is 37.9 Å². The highest BCUT2D eigenvalue weighted by molar-refractivity contribution is 7.89.